The third kappa shape index (κ3) is 1.71. The number of benzene rings is 1. The maximum absolute atomic E-state index is 10.4. The van der Waals surface area contributed by atoms with Crippen LogP contribution in [0.5, 0.6) is 0 Å². The Balaban J connectivity index is 3.33. The first-order chi connectivity index (χ1) is 6.19. The molecular formula is C9H5N2O2. The molecule has 0 spiro atoms. The molecule has 0 heterocycles. The number of hydrogen-bond acceptors (Lipinski definition) is 3. The van der Waals surface area contributed by atoms with Crippen LogP contribution in [0.1, 0.15) is 11.1 Å². The average Bonchev–Trinajstić information content (AvgIpc) is 2.16. The molecule has 1 aromatic carbocycles. The van der Waals surface area contributed by atoms with Gasteiger partial charge in [-0.2, -0.15) is 5.26 Å². The fourth-order valence-corrected chi connectivity index (χ4v) is 0.895. The van der Waals surface area contributed by atoms with Gasteiger partial charge in [-0.25, -0.2) is 0 Å². The van der Waals surface area contributed by atoms with E-state index in [1.807, 2.05) is 0 Å². The molecule has 1 aromatic rings. The first-order valence-corrected chi connectivity index (χ1v) is 3.40. The minimum absolute atomic E-state index is 0.0265. The van der Waals surface area contributed by atoms with E-state index in [0.717, 1.165) is 0 Å². The van der Waals surface area contributed by atoms with Crippen LogP contribution in [-0.4, -0.2) is 4.92 Å². The summed E-state index contributed by atoms with van der Waals surface area (Å²) in [4.78, 5) is 9.81. The monoisotopic (exact) mass is 173 g/mol. The van der Waals surface area contributed by atoms with Gasteiger partial charge in [0.25, 0.3) is 5.69 Å². The second kappa shape index (κ2) is 3.50. The zero-order chi connectivity index (χ0) is 9.84. The lowest BCUT2D eigenvalue weighted by Gasteiger charge is -1.95. The maximum Gasteiger partial charge on any atom is 0.287 e. The summed E-state index contributed by atoms with van der Waals surface area (Å²) in [6, 6.07) is 5.88. The Morgan fingerprint density at radius 3 is 2.69 bits per heavy atom. The molecule has 1 radical (unpaired) electrons. The van der Waals surface area contributed by atoms with E-state index in [-0.39, 0.29) is 11.3 Å². The van der Waals surface area contributed by atoms with Crippen molar-refractivity contribution in [3.8, 4) is 6.07 Å². The van der Waals surface area contributed by atoms with Crippen molar-refractivity contribution in [3.63, 3.8) is 0 Å². The lowest BCUT2D eigenvalue weighted by Crippen LogP contribution is -1.92. The highest BCUT2D eigenvalue weighted by atomic mass is 16.6. The van der Waals surface area contributed by atoms with Crippen LogP contribution in [0.4, 0.5) is 5.69 Å². The van der Waals surface area contributed by atoms with Crippen molar-refractivity contribution >= 4 is 5.69 Å². The molecular weight excluding hydrogens is 168 g/mol. The number of nitro groups is 1. The molecule has 0 bridgehead atoms. The Morgan fingerprint density at radius 2 is 2.23 bits per heavy atom. The molecule has 4 heteroatoms. The van der Waals surface area contributed by atoms with Gasteiger partial charge in [-0.05, 0) is 23.8 Å². The topological polar surface area (TPSA) is 66.9 Å². The lowest BCUT2D eigenvalue weighted by molar-refractivity contribution is -0.385. The standard InChI is InChI=1S/C9H5N2O2/c1-2-7-3-4-9(11(12)13)8(5-7)6-10/h3-5H,1H2. The number of nitro benzene ring substituents is 1. The van der Waals surface area contributed by atoms with Crippen LogP contribution < -0.4 is 0 Å². The molecule has 63 valence electrons. The normalized spacial score (nSPS) is 8.85. The van der Waals surface area contributed by atoms with Crippen molar-refractivity contribution in [2.75, 3.05) is 0 Å². The van der Waals surface area contributed by atoms with Gasteiger partial charge in [-0.3, -0.25) is 10.1 Å². The number of hydrogen-bond donors (Lipinski definition) is 0. The van der Waals surface area contributed by atoms with Crippen molar-refractivity contribution in [1.82, 2.24) is 0 Å². The first kappa shape index (κ1) is 8.94. The Morgan fingerprint density at radius 1 is 1.54 bits per heavy atom. The Labute approximate surface area is 74.9 Å². The Kier molecular flexibility index (Phi) is 2.41. The highest BCUT2D eigenvalue weighted by Crippen LogP contribution is 2.18. The molecule has 0 saturated carbocycles. The predicted molar refractivity (Wildman–Crippen MR) is 45.8 cm³/mol. The smallest absolute Gasteiger partial charge is 0.258 e. The molecule has 0 unspecified atom stereocenters. The van der Waals surface area contributed by atoms with Crippen molar-refractivity contribution in [2.45, 2.75) is 0 Å². The van der Waals surface area contributed by atoms with Gasteiger partial charge in [0.05, 0.1) is 4.92 Å². The maximum atomic E-state index is 10.4. The number of rotatable bonds is 2. The number of nitrogens with zero attached hydrogens (tertiary/aromatic N) is 2. The van der Waals surface area contributed by atoms with E-state index in [4.69, 9.17) is 5.26 Å². The first-order valence-electron chi connectivity index (χ1n) is 3.40. The summed E-state index contributed by atoms with van der Waals surface area (Å²) < 4.78 is 0. The van der Waals surface area contributed by atoms with Gasteiger partial charge in [0.1, 0.15) is 11.6 Å². The van der Waals surface area contributed by atoms with Crippen molar-refractivity contribution in [1.29, 1.82) is 5.26 Å². The molecule has 1 rings (SSSR count). The molecule has 0 saturated heterocycles. The summed E-state index contributed by atoms with van der Waals surface area (Å²) in [6.07, 6.45) is 2.54. The van der Waals surface area contributed by atoms with Crippen molar-refractivity contribution in [3.05, 3.63) is 52.1 Å². The zero-order valence-corrected chi connectivity index (χ0v) is 6.65. The largest absolute Gasteiger partial charge is 0.287 e. The Hall–Kier alpha value is -2.15. The van der Waals surface area contributed by atoms with Crippen LogP contribution in [0, 0.1) is 27.5 Å². The van der Waals surface area contributed by atoms with E-state index >= 15 is 0 Å². The second-order valence-corrected chi connectivity index (χ2v) is 2.28. The van der Waals surface area contributed by atoms with E-state index in [2.05, 4.69) is 12.7 Å². The predicted octanol–water partition coefficient (Wildman–Crippen LogP) is 1.80. The molecule has 0 N–H and O–H groups in total. The van der Waals surface area contributed by atoms with Crippen LogP contribution in [0.2, 0.25) is 0 Å². The van der Waals surface area contributed by atoms with Crippen LogP contribution in [0.15, 0.2) is 24.8 Å². The van der Waals surface area contributed by atoms with E-state index in [1.54, 1.807) is 6.07 Å². The van der Waals surface area contributed by atoms with Crippen LogP contribution in [0.25, 0.3) is 0 Å². The summed E-state index contributed by atoms with van der Waals surface area (Å²) in [5.41, 5.74) is 0.405. The molecule has 0 amide bonds. The summed E-state index contributed by atoms with van der Waals surface area (Å²) in [5.74, 6) is 0. The van der Waals surface area contributed by atoms with Gasteiger partial charge in [-0.1, -0.05) is 6.58 Å². The fourth-order valence-electron chi connectivity index (χ4n) is 0.895. The van der Waals surface area contributed by atoms with Gasteiger partial charge < -0.3 is 0 Å². The molecule has 13 heavy (non-hydrogen) atoms. The minimum atomic E-state index is -0.592. The quantitative estimate of drug-likeness (QED) is 0.505. The minimum Gasteiger partial charge on any atom is -0.258 e. The van der Waals surface area contributed by atoms with E-state index in [0.29, 0.717) is 5.56 Å². The third-order valence-electron chi connectivity index (χ3n) is 1.52. The second-order valence-electron chi connectivity index (χ2n) is 2.28. The SMILES string of the molecule is C=[C]c1ccc([N+](=O)[O-])c(C#N)c1. The molecule has 0 aliphatic rings. The van der Waals surface area contributed by atoms with E-state index < -0.39 is 4.92 Å². The van der Waals surface area contributed by atoms with Crippen LogP contribution >= 0.6 is 0 Å². The molecule has 0 aromatic heterocycles. The van der Waals surface area contributed by atoms with Crippen molar-refractivity contribution < 1.29 is 4.92 Å². The summed E-state index contributed by atoms with van der Waals surface area (Å²) in [5, 5.41) is 19.0. The summed E-state index contributed by atoms with van der Waals surface area (Å²) in [7, 11) is 0. The van der Waals surface area contributed by atoms with Gasteiger partial charge in [-0.15, -0.1) is 0 Å². The molecule has 0 fully saturated rings. The fraction of sp³-hybridized carbons (Fsp3) is 0. The highest BCUT2D eigenvalue weighted by Gasteiger charge is 2.12. The molecule has 0 aliphatic heterocycles. The highest BCUT2D eigenvalue weighted by molar-refractivity contribution is 5.51. The van der Waals surface area contributed by atoms with Crippen LogP contribution in [-0.2, 0) is 0 Å². The number of nitriles is 1. The third-order valence-corrected chi connectivity index (χ3v) is 1.52. The molecule has 0 aliphatic carbocycles. The Bertz CT molecular complexity index is 405. The van der Waals surface area contributed by atoms with Gasteiger partial charge >= 0.3 is 0 Å². The summed E-state index contributed by atoms with van der Waals surface area (Å²) in [6.45, 7) is 3.38. The zero-order valence-electron chi connectivity index (χ0n) is 6.65. The van der Waals surface area contributed by atoms with E-state index in [1.165, 1.54) is 18.2 Å². The average molecular weight is 173 g/mol. The molecule has 4 nitrogen and oxygen atoms in total. The summed E-state index contributed by atoms with van der Waals surface area (Å²) >= 11 is 0. The van der Waals surface area contributed by atoms with Crippen molar-refractivity contribution in [2.24, 2.45) is 0 Å². The van der Waals surface area contributed by atoms with Crippen LogP contribution in [0.3, 0.4) is 0 Å². The van der Waals surface area contributed by atoms with Gasteiger partial charge in [0.2, 0.25) is 0 Å². The van der Waals surface area contributed by atoms with Gasteiger partial charge in [0, 0.05) is 6.07 Å². The van der Waals surface area contributed by atoms with Gasteiger partial charge in [0.15, 0.2) is 0 Å². The van der Waals surface area contributed by atoms with E-state index in [9.17, 15) is 10.1 Å². The lowest BCUT2D eigenvalue weighted by atomic mass is 10.1. The molecule has 0 atom stereocenters.